The van der Waals surface area contributed by atoms with Crippen molar-refractivity contribution in [3.05, 3.63) is 35.4 Å². The molecule has 0 heterocycles. The largest absolute Gasteiger partial charge is 0.465 e. The summed E-state index contributed by atoms with van der Waals surface area (Å²) in [5.41, 5.74) is 2.33. The van der Waals surface area contributed by atoms with Crippen LogP contribution in [0.3, 0.4) is 0 Å². The Bertz CT molecular complexity index is 445. The van der Waals surface area contributed by atoms with Gasteiger partial charge in [-0.3, -0.25) is 5.32 Å². The Morgan fingerprint density at radius 2 is 1.76 bits per heavy atom. The molecule has 1 aromatic rings. The van der Waals surface area contributed by atoms with Crippen LogP contribution in [-0.2, 0) is 14.9 Å². The molecule has 2 unspecified atom stereocenters. The second kappa shape index (κ2) is 7.60. The average Bonchev–Trinajstić information content (AvgIpc) is 2.43. The van der Waals surface area contributed by atoms with E-state index < -0.39 is 6.04 Å². The minimum absolute atomic E-state index is 0.113. The van der Waals surface area contributed by atoms with Crippen LogP contribution in [0.1, 0.15) is 65.1 Å². The van der Waals surface area contributed by atoms with Gasteiger partial charge in [0, 0.05) is 6.04 Å². The van der Waals surface area contributed by atoms with Crippen molar-refractivity contribution in [1.82, 2.24) is 5.32 Å². The summed E-state index contributed by atoms with van der Waals surface area (Å²) < 4.78 is 5.20. The van der Waals surface area contributed by atoms with E-state index in [0.717, 1.165) is 12.0 Å². The van der Waals surface area contributed by atoms with Crippen LogP contribution >= 0.6 is 0 Å². The fourth-order valence-electron chi connectivity index (χ4n) is 2.10. The molecule has 3 heteroatoms. The van der Waals surface area contributed by atoms with Crippen LogP contribution < -0.4 is 5.32 Å². The van der Waals surface area contributed by atoms with E-state index in [1.807, 2.05) is 19.1 Å². The number of hydrogen-bond donors (Lipinski definition) is 1. The van der Waals surface area contributed by atoms with Crippen LogP contribution in [0.5, 0.6) is 0 Å². The molecule has 1 N–H and O–H groups in total. The van der Waals surface area contributed by atoms with Crippen molar-refractivity contribution in [2.24, 2.45) is 0 Å². The first-order chi connectivity index (χ1) is 9.79. The van der Waals surface area contributed by atoms with E-state index >= 15 is 0 Å². The Hall–Kier alpha value is -1.35. The van der Waals surface area contributed by atoms with Gasteiger partial charge in [-0.1, -0.05) is 52.0 Å². The van der Waals surface area contributed by atoms with Crippen molar-refractivity contribution in [2.45, 2.75) is 65.5 Å². The molecular weight excluding hydrogens is 262 g/mol. The highest BCUT2D eigenvalue weighted by molar-refractivity contribution is 5.77. The topological polar surface area (TPSA) is 38.3 Å². The second-order valence-electron chi connectivity index (χ2n) is 6.53. The highest BCUT2D eigenvalue weighted by atomic mass is 16.5. The molecule has 0 fully saturated rings. The predicted molar refractivity (Wildman–Crippen MR) is 87.4 cm³/mol. The fourth-order valence-corrected chi connectivity index (χ4v) is 2.10. The molecule has 0 aromatic heterocycles. The maximum atomic E-state index is 12.2. The number of nitrogens with one attached hydrogen (secondary N) is 1. The second-order valence-corrected chi connectivity index (χ2v) is 6.53. The van der Waals surface area contributed by atoms with Crippen molar-refractivity contribution < 1.29 is 9.53 Å². The monoisotopic (exact) mass is 291 g/mol. The molecule has 3 nitrogen and oxygen atoms in total. The van der Waals surface area contributed by atoms with Gasteiger partial charge < -0.3 is 4.74 Å². The summed E-state index contributed by atoms with van der Waals surface area (Å²) in [5, 5.41) is 3.35. The van der Waals surface area contributed by atoms with Gasteiger partial charge in [0.2, 0.25) is 0 Å². The van der Waals surface area contributed by atoms with E-state index in [1.54, 1.807) is 0 Å². The number of rotatable bonds is 6. The zero-order chi connectivity index (χ0) is 16.0. The standard InChI is InChI=1S/C18H29NO2/c1-7-13(3)19-16(17(20)21-8-2)14-9-11-15(12-10-14)18(4,5)6/h9-13,16,19H,7-8H2,1-6H3. The number of benzene rings is 1. The van der Waals surface area contributed by atoms with Gasteiger partial charge in [0.05, 0.1) is 6.61 Å². The molecule has 118 valence electrons. The third-order valence-corrected chi connectivity index (χ3v) is 3.70. The summed E-state index contributed by atoms with van der Waals surface area (Å²) >= 11 is 0. The number of hydrogen-bond acceptors (Lipinski definition) is 3. The van der Waals surface area contributed by atoms with Crippen molar-refractivity contribution >= 4 is 5.97 Å². The Morgan fingerprint density at radius 3 is 2.19 bits per heavy atom. The highest BCUT2D eigenvalue weighted by Gasteiger charge is 2.23. The van der Waals surface area contributed by atoms with Gasteiger partial charge in [0.25, 0.3) is 0 Å². The highest BCUT2D eigenvalue weighted by Crippen LogP contribution is 2.24. The fraction of sp³-hybridized carbons (Fsp3) is 0.611. The zero-order valence-electron chi connectivity index (χ0n) is 14.2. The zero-order valence-corrected chi connectivity index (χ0v) is 14.2. The molecule has 0 saturated carbocycles. The van der Waals surface area contributed by atoms with Gasteiger partial charge in [0.1, 0.15) is 6.04 Å². The average molecular weight is 291 g/mol. The lowest BCUT2D eigenvalue weighted by Crippen LogP contribution is -2.36. The molecule has 0 aliphatic heterocycles. The molecule has 0 aliphatic rings. The number of ether oxygens (including phenoxy) is 1. The Morgan fingerprint density at radius 1 is 1.19 bits per heavy atom. The lowest BCUT2D eigenvalue weighted by atomic mass is 9.86. The first kappa shape index (κ1) is 17.7. The van der Waals surface area contributed by atoms with E-state index in [2.05, 4.69) is 52.1 Å². The van der Waals surface area contributed by atoms with E-state index in [9.17, 15) is 4.79 Å². The van der Waals surface area contributed by atoms with Gasteiger partial charge in [-0.05, 0) is 36.8 Å². The van der Waals surface area contributed by atoms with Gasteiger partial charge in [-0.2, -0.15) is 0 Å². The number of carbonyl (C=O) groups excluding carboxylic acids is 1. The molecule has 0 amide bonds. The molecule has 0 radical (unpaired) electrons. The predicted octanol–water partition coefficient (Wildman–Crippen LogP) is 3.98. The molecule has 1 rings (SSSR count). The van der Waals surface area contributed by atoms with Crippen LogP contribution in [0.2, 0.25) is 0 Å². The summed E-state index contributed by atoms with van der Waals surface area (Å²) in [7, 11) is 0. The van der Waals surface area contributed by atoms with Crippen molar-refractivity contribution in [1.29, 1.82) is 0 Å². The van der Waals surface area contributed by atoms with E-state index in [0.29, 0.717) is 6.61 Å². The molecule has 0 spiro atoms. The van der Waals surface area contributed by atoms with Crippen LogP contribution in [0.15, 0.2) is 24.3 Å². The summed E-state index contributed by atoms with van der Waals surface area (Å²) in [6, 6.07) is 8.12. The summed E-state index contributed by atoms with van der Waals surface area (Å²) in [6.07, 6.45) is 0.968. The van der Waals surface area contributed by atoms with Crippen molar-refractivity contribution in [2.75, 3.05) is 6.61 Å². The van der Waals surface area contributed by atoms with Crippen LogP contribution in [0.4, 0.5) is 0 Å². The third kappa shape index (κ3) is 5.16. The Kier molecular flexibility index (Phi) is 6.41. The third-order valence-electron chi connectivity index (χ3n) is 3.70. The minimum Gasteiger partial charge on any atom is -0.465 e. The van der Waals surface area contributed by atoms with Gasteiger partial charge >= 0.3 is 5.97 Å². The minimum atomic E-state index is -0.395. The lowest BCUT2D eigenvalue weighted by molar-refractivity contribution is -0.146. The van der Waals surface area contributed by atoms with E-state index in [4.69, 9.17) is 4.74 Å². The normalized spacial score (nSPS) is 14.6. The van der Waals surface area contributed by atoms with Crippen molar-refractivity contribution in [3.8, 4) is 0 Å². The maximum absolute atomic E-state index is 12.2. The molecule has 21 heavy (non-hydrogen) atoms. The maximum Gasteiger partial charge on any atom is 0.327 e. The quantitative estimate of drug-likeness (QED) is 0.806. The lowest BCUT2D eigenvalue weighted by Gasteiger charge is -2.23. The molecule has 2 atom stereocenters. The van der Waals surface area contributed by atoms with Crippen LogP contribution in [-0.4, -0.2) is 18.6 Å². The Labute approximate surface area is 129 Å². The smallest absolute Gasteiger partial charge is 0.327 e. The SMILES string of the molecule is CCOC(=O)C(NC(C)CC)c1ccc(C(C)(C)C)cc1. The summed E-state index contributed by atoms with van der Waals surface area (Å²) in [4.78, 5) is 12.2. The number of esters is 1. The summed E-state index contributed by atoms with van der Waals surface area (Å²) in [6.45, 7) is 13.0. The van der Waals surface area contributed by atoms with E-state index in [1.165, 1.54) is 5.56 Å². The first-order valence-electron chi connectivity index (χ1n) is 7.82. The van der Waals surface area contributed by atoms with E-state index in [-0.39, 0.29) is 17.4 Å². The molecule has 0 bridgehead atoms. The number of carbonyl (C=O) groups is 1. The molecule has 0 saturated heterocycles. The van der Waals surface area contributed by atoms with Gasteiger partial charge in [-0.15, -0.1) is 0 Å². The Balaban J connectivity index is 2.99. The molecule has 1 aromatic carbocycles. The molecular formula is C18H29NO2. The van der Waals surface area contributed by atoms with Gasteiger partial charge in [-0.25, -0.2) is 4.79 Å². The first-order valence-corrected chi connectivity index (χ1v) is 7.82. The van der Waals surface area contributed by atoms with Crippen LogP contribution in [0.25, 0.3) is 0 Å². The van der Waals surface area contributed by atoms with Crippen LogP contribution in [0, 0.1) is 0 Å². The van der Waals surface area contributed by atoms with Gasteiger partial charge in [0.15, 0.2) is 0 Å². The summed E-state index contributed by atoms with van der Waals surface area (Å²) in [5.74, 6) is -0.207. The van der Waals surface area contributed by atoms with Crippen molar-refractivity contribution in [3.63, 3.8) is 0 Å². The molecule has 0 aliphatic carbocycles.